The first-order chi connectivity index (χ1) is 18.2. The molecule has 0 spiro atoms. The van der Waals surface area contributed by atoms with Crippen LogP contribution in [0.3, 0.4) is 0 Å². The fraction of sp³-hybridized carbons (Fsp3) is 0.0645. The van der Waals surface area contributed by atoms with E-state index in [2.05, 4.69) is 50.6 Å². The number of carbonyl (C=O) groups excluding carboxylic acids is 1. The molecule has 178 valence electrons. The van der Waals surface area contributed by atoms with E-state index in [1.54, 1.807) is 0 Å². The number of carbonyl (C=O) groups is 1. The van der Waals surface area contributed by atoms with Crippen molar-refractivity contribution in [3.63, 3.8) is 0 Å². The number of nitriles is 1. The molecule has 0 fully saturated rings. The van der Waals surface area contributed by atoms with Gasteiger partial charge in [0.2, 0.25) is 0 Å². The summed E-state index contributed by atoms with van der Waals surface area (Å²) < 4.78 is 4.17. The average Bonchev–Trinajstić information content (AvgIpc) is 3.71. The van der Waals surface area contributed by atoms with Gasteiger partial charge in [0.15, 0.2) is 5.78 Å². The quantitative estimate of drug-likeness (QED) is 0.228. The van der Waals surface area contributed by atoms with Crippen LogP contribution in [0.2, 0.25) is 0 Å². The summed E-state index contributed by atoms with van der Waals surface area (Å²) in [6.07, 6.45) is 7.71. The maximum absolute atomic E-state index is 13.6. The van der Waals surface area contributed by atoms with E-state index in [4.69, 9.17) is 5.26 Å². The molecule has 3 heterocycles. The smallest absolute Gasteiger partial charge is 0.196 e. The lowest BCUT2D eigenvalue weighted by Crippen LogP contribution is -2.07. The first-order valence-corrected chi connectivity index (χ1v) is 12.9. The molecule has 5 nitrogen and oxygen atoms in total. The summed E-state index contributed by atoms with van der Waals surface area (Å²) in [4.78, 5) is 18.0. The number of hydrogen-bond acceptors (Lipinski definition) is 4. The number of thiophene rings is 1. The second kappa shape index (κ2) is 9.73. The molecular formula is C31H22N4OS. The van der Waals surface area contributed by atoms with E-state index in [9.17, 15) is 4.79 Å². The molecule has 37 heavy (non-hydrogen) atoms. The summed E-state index contributed by atoms with van der Waals surface area (Å²) in [5.74, 6) is 0.0222. The Morgan fingerprint density at radius 3 is 2.57 bits per heavy atom. The Kier molecular flexibility index (Phi) is 5.97. The summed E-state index contributed by atoms with van der Waals surface area (Å²) >= 11 is 1.53. The van der Waals surface area contributed by atoms with Crippen molar-refractivity contribution in [2.24, 2.45) is 0 Å². The van der Waals surface area contributed by atoms with E-state index in [0.717, 1.165) is 33.2 Å². The molecule has 0 saturated carbocycles. The van der Waals surface area contributed by atoms with Crippen molar-refractivity contribution in [3.05, 3.63) is 136 Å². The summed E-state index contributed by atoms with van der Waals surface area (Å²) in [6, 6.07) is 26.1. The predicted octanol–water partition coefficient (Wildman–Crippen LogP) is 6.77. The van der Waals surface area contributed by atoms with Crippen molar-refractivity contribution >= 4 is 27.9 Å². The minimum absolute atomic E-state index is 0.0222. The van der Waals surface area contributed by atoms with Crippen LogP contribution >= 0.6 is 11.3 Å². The molecule has 6 aromatic rings. The van der Waals surface area contributed by atoms with Crippen molar-refractivity contribution in [1.82, 2.24) is 14.1 Å². The van der Waals surface area contributed by atoms with Gasteiger partial charge in [0.25, 0.3) is 0 Å². The maximum atomic E-state index is 13.6. The van der Waals surface area contributed by atoms with Gasteiger partial charge in [-0.15, -0.1) is 0 Å². The second-order valence-corrected chi connectivity index (χ2v) is 9.73. The molecule has 6 rings (SSSR count). The van der Waals surface area contributed by atoms with Gasteiger partial charge >= 0.3 is 0 Å². The van der Waals surface area contributed by atoms with Crippen molar-refractivity contribution in [2.75, 3.05) is 0 Å². The van der Waals surface area contributed by atoms with Crippen LogP contribution < -0.4 is 0 Å². The van der Waals surface area contributed by atoms with Crippen LogP contribution in [0.4, 0.5) is 0 Å². The summed E-state index contributed by atoms with van der Waals surface area (Å²) in [7, 11) is 0. The summed E-state index contributed by atoms with van der Waals surface area (Å²) in [5, 5.41) is 15.2. The van der Waals surface area contributed by atoms with E-state index in [-0.39, 0.29) is 5.78 Å². The minimum Gasteiger partial charge on any atom is -0.347 e. The Balaban J connectivity index is 1.38. The Bertz CT molecular complexity index is 1750. The molecule has 0 aliphatic rings. The van der Waals surface area contributed by atoms with Crippen LogP contribution in [0.15, 0.2) is 108 Å². The molecule has 0 unspecified atom stereocenters. The lowest BCUT2D eigenvalue weighted by atomic mass is 9.95. The van der Waals surface area contributed by atoms with Crippen LogP contribution in [-0.2, 0) is 13.1 Å². The molecule has 0 amide bonds. The Labute approximate surface area is 218 Å². The number of imidazole rings is 1. The van der Waals surface area contributed by atoms with Crippen LogP contribution in [0.5, 0.6) is 0 Å². The molecule has 0 N–H and O–H groups in total. The van der Waals surface area contributed by atoms with E-state index < -0.39 is 0 Å². The predicted molar refractivity (Wildman–Crippen MR) is 147 cm³/mol. The van der Waals surface area contributed by atoms with Gasteiger partial charge in [0.05, 0.1) is 30.2 Å². The highest BCUT2D eigenvalue weighted by Gasteiger charge is 2.20. The molecule has 0 radical (unpaired) electrons. The summed E-state index contributed by atoms with van der Waals surface area (Å²) in [6.45, 7) is 1.23. The highest BCUT2D eigenvalue weighted by molar-refractivity contribution is 7.08. The molecular weight excluding hydrogens is 476 g/mol. The lowest BCUT2D eigenvalue weighted by molar-refractivity contribution is 0.103. The maximum Gasteiger partial charge on any atom is 0.196 e. The number of benzene rings is 3. The van der Waals surface area contributed by atoms with Gasteiger partial charge in [-0.05, 0) is 45.5 Å². The van der Waals surface area contributed by atoms with Crippen LogP contribution in [0.1, 0.15) is 32.7 Å². The highest BCUT2D eigenvalue weighted by atomic mass is 32.1. The topological polar surface area (TPSA) is 63.6 Å². The number of ketones is 1. The highest BCUT2D eigenvalue weighted by Crippen LogP contribution is 2.33. The Morgan fingerprint density at radius 2 is 1.76 bits per heavy atom. The monoisotopic (exact) mass is 498 g/mol. The third-order valence-corrected chi connectivity index (χ3v) is 7.25. The van der Waals surface area contributed by atoms with Crippen LogP contribution in [0.25, 0.3) is 21.9 Å². The van der Waals surface area contributed by atoms with Gasteiger partial charge in [-0.25, -0.2) is 4.98 Å². The van der Waals surface area contributed by atoms with Gasteiger partial charge in [0.1, 0.15) is 0 Å². The van der Waals surface area contributed by atoms with Crippen molar-refractivity contribution in [1.29, 1.82) is 5.26 Å². The normalized spacial score (nSPS) is 11.0. The molecule has 3 aromatic heterocycles. The number of rotatable bonds is 7. The molecule has 3 aromatic carbocycles. The fourth-order valence-corrected chi connectivity index (χ4v) is 5.33. The first-order valence-electron chi connectivity index (χ1n) is 11.9. The van der Waals surface area contributed by atoms with Crippen molar-refractivity contribution in [3.8, 4) is 17.2 Å². The van der Waals surface area contributed by atoms with Gasteiger partial charge in [-0.1, -0.05) is 54.6 Å². The molecule has 0 bridgehead atoms. The van der Waals surface area contributed by atoms with E-state index in [1.807, 2.05) is 78.0 Å². The third-order valence-electron chi connectivity index (χ3n) is 6.57. The molecule has 0 aliphatic carbocycles. The number of hydrogen-bond donors (Lipinski definition) is 0. The zero-order valence-electron chi connectivity index (χ0n) is 19.9. The van der Waals surface area contributed by atoms with Gasteiger partial charge < -0.3 is 9.13 Å². The third kappa shape index (κ3) is 4.49. The van der Waals surface area contributed by atoms with Gasteiger partial charge in [0, 0.05) is 47.2 Å². The standard InChI is InChI=1S/C31H22N4OS/c32-14-22-8-10-23(11-9-22)16-35-21-33-15-26(35)17-34-18-29(30(19-34)31(36)25-12-13-37-20-25)28-7-3-5-24-4-1-2-6-27(24)28/h1-13,15,18-21H,16-17H2. The second-order valence-electron chi connectivity index (χ2n) is 8.95. The average molecular weight is 499 g/mol. The van der Waals surface area contributed by atoms with E-state index in [0.29, 0.717) is 29.8 Å². The SMILES string of the molecule is N#Cc1ccc(Cn2cncc2Cn2cc(C(=O)c3ccsc3)c(-c3cccc4ccccc34)c2)cc1. The summed E-state index contributed by atoms with van der Waals surface area (Å²) in [5.41, 5.74) is 6.12. The molecule has 6 heteroatoms. The van der Waals surface area contributed by atoms with Gasteiger partial charge in [-0.3, -0.25) is 4.79 Å². The van der Waals surface area contributed by atoms with E-state index >= 15 is 0 Å². The minimum atomic E-state index is 0.0222. The van der Waals surface area contributed by atoms with Crippen molar-refractivity contribution < 1.29 is 4.79 Å². The number of nitrogens with zero attached hydrogens (tertiary/aromatic N) is 4. The fourth-order valence-electron chi connectivity index (χ4n) is 4.69. The Morgan fingerprint density at radius 1 is 0.919 bits per heavy atom. The molecule has 0 atom stereocenters. The molecule has 0 saturated heterocycles. The van der Waals surface area contributed by atoms with Crippen LogP contribution in [0, 0.1) is 11.3 Å². The van der Waals surface area contributed by atoms with Crippen LogP contribution in [-0.4, -0.2) is 19.9 Å². The Hall–Kier alpha value is -4.73. The lowest BCUT2D eigenvalue weighted by Gasteiger charge is -2.09. The zero-order chi connectivity index (χ0) is 25.2. The van der Waals surface area contributed by atoms with Gasteiger partial charge in [-0.2, -0.15) is 16.6 Å². The van der Waals surface area contributed by atoms with E-state index in [1.165, 1.54) is 11.3 Å². The number of aromatic nitrogens is 3. The zero-order valence-corrected chi connectivity index (χ0v) is 20.7. The molecule has 0 aliphatic heterocycles. The first kappa shape index (κ1) is 22.7. The largest absolute Gasteiger partial charge is 0.347 e. The number of fused-ring (bicyclic) bond motifs is 1. The van der Waals surface area contributed by atoms with Crippen molar-refractivity contribution in [2.45, 2.75) is 13.1 Å².